The summed E-state index contributed by atoms with van der Waals surface area (Å²) in [7, 11) is 0. The molecule has 1 N–H and O–H groups in total. The van der Waals surface area contributed by atoms with Crippen LogP contribution in [0.1, 0.15) is 10.5 Å². The molecular weight excluding hydrogens is 325 g/mol. The highest BCUT2D eigenvalue weighted by molar-refractivity contribution is 14.1. The van der Waals surface area contributed by atoms with Gasteiger partial charge in [-0.05, 0) is 44.6 Å². The molecule has 0 aliphatic rings. The summed E-state index contributed by atoms with van der Waals surface area (Å²) in [5, 5.41) is 8.57. The third kappa shape index (κ3) is 2.13. The first-order valence-electron chi connectivity index (χ1n) is 2.65. The van der Waals surface area contributed by atoms with E-state index < -0.39 is 5.97 Å². The summed E-state index contributed by atoms with van der Waals surface area (Å²) in [6.07, 6.45) is 1.46. The van der Waals surface area contributed by atoms with Crippen molar-refractivity contribution in [3.63, 3.8) is 0 Å². The van der Waals surface area contributed by atoms with Crippen LogP contribution in [0, 0.1) is 3.57 Å². The average Bonchev–Trinajstić information content (AvgIpc) is 1.85. The molecule has 1 aromatic heterocycles. The number of aromatic nitrogens is 1. The summed E-state index contributed by atoms with van der Waals surface area (Å²) in [4.78, 5) is 14.2. The standard InChI is InChI=1S/C6H3BrINO2/c7-3-1-4(8)5(6(10)11)9-2-3/h1-2H,(H,10,11). The summed E-state index contributed by atoms with van der Waals surface area (Å²) in [6.45, 7) is 0. The number of hydrogen-bond donors (Lipinski definition) is 1. The first kappa shape index (κ1) is 8.92. The van der Waals surface area contributed by atoms with Gasteiger partial charge in [-0.2, -0.15) is 0 Å². The summed E-state index contributed by atoms with van der Waals surface area (Å²) >= 11 is 5.11. The van der Waals surface area contributed by atoms with Crippen LogP contribution >= 0.6 is 38.5 Å². The number of carboxylic acids is 1. The number of halogens is 2. The molecule has 0 spiro atoms. The van der Waals surface area contributed by atoms with Crippen molar-refractivity contribution in [1.82, 2.24) is 4.98 Å². The maximum absolute atomic E-state index is 10.5. The smallest absolute Gasteiger partial charge is 0.355 e. The number of aromatic carboxylic acids is 1. The fourth-order valence-electron chi connectivity index (χ4n) is 0.572. The maximum atomic E-state index is 10.5. The molecule has 0 saturated heterocycles. The summed E-state index contributed by atoms with van der Waals surface area (Å²) in [5.41, 5.74) is 0.0915. The highest BCUT2D eigenvalue weighted by Crippen LogP contribution is 2.15. The van der Waals surface area contributed by atoms with Gasteiger partial charge in [0.1, 0.15) is 0 Å². The van der Waals surface area contributed by atoms with Crippen LogP contribution in [-0.4, -0.2) is 16.1 Å². The van der Waals surface area contributed by atoms with Crippen molar-refractivity contribution in [2.75, 3.05) is 0 Å². The molecule has 1 aromatic rings. The molecule has 3 nitrogen and oxygen atoms in total. The molecule has 1 rings (SSSR count). The van der Waals surface area contributed by atoms with E-state index in [4.69, 9.17) is 5.11 Å². The van der Waals surface area contributed by atoms with E-state index in [1.165, 1.54) is 6.20 Å². The van der Waals surface area contributed by atoms with Crippen molar-refractivity contribution < 1.29 is 9.90 Å². The Balaban J connectivity index is 3.20. The normalized spacial score (nSPS) is 9.64. The highest BCUT2D eigenvalue weighted by atomic mass is 127. The van der Waals surface area contributed by atoms with Gasteiger partial charge in [-0.15, -0.1) is 0 Å². The third-order valence-corrected chi connectivity index (χ3v) is 2.27. The van der Waals surface area contributed by atoms with E-state index in [-0.39, 0.29) is 5.69 Å². The Morgan fingerprint density at radius 2 is 2.36 bits per heavy atom. The topological polar surface area (TPSA) is 50.2 Å². The zero-order chi connectivity index (χ0) is 8.43. The minimum Gasteiger partial charge on any atom is -0.476 e. The lowest BCUT2D eigenvalue weighted by atomic mass is 10.4. The lowest BCUT2D eigenvalue weighted by Crippen LogP contribution is -2.02. The van der Waals surface area contributed by atoms with Gasteiger partial charge in [-0.3, -0.25) is 0 Å². The predicted octanol–water partition coefficient (Wildman–Crippen LogP) is 2.15. The van der Waals surface area contributed by atoms with Gasteiger partial charge in [0.05, 0.1) is 0 Å². The van der Waals surface area contributed by atoms with Crippen molar-refractivity contribution in [2.45, 2.75) is 0 Å². The van der Waals surface area contributed by atoms with Crippen LogP contribution in [0.2, 0.25) is 0 Å². The Morgan fingerprint density at radius 3 is 2.82 bits per heavy atom. The quantitative estimate of drug-likeness (QED) is 0.804. The van der Waals surface area contributed by atoms with Gasteiger partial charge < -0.3 is 5.11 Å². The molecule has 0 aliphatic carbocycles. The Labute approximate surface area is 85.1 Å². The van der Waals surface area contributed by atoms with Crippen molar-refractivity contribution in [2.24, 2.45) is 0 Å². The lowest BCUT2D eigenvalue weighted by Gasteiger charge is -1.96. The summed E-state index contributed by atoms with van der Waals surface area (Å²) < 4.78 is 1.41. The zero-order valence-electron chi connectivity index (χ0n) is 5.21. The number of carbonyl (C=O) groups is 1. The fraction of sp³-hybridized carbons (Fsp3) is 0. The Kier molecular flexibility index (Phi) is 2.83. The first-order chi connectivity index (χ1) is 5.11. The largest absolute Gasteiger partial charge is 0.476 e. The van der Waals surface area contributed by atoms with Gasteiger partial charge in [0.2, 0.25) is 0 Å². The van der Waals surface area contributed by atoms with E-state index in [0.29, 0.717) is 3.57 Å². The number of hydrogen-bond acceptors (Lipinski definition) is 2. The molecule has 1 heterocycles. The van der Waals surface area contributed by atoms with E-state index in [0.717, 1.165) is 4.47 Å². The van der Waals surface area contributed by atoms with E-state index in [9.17, 15) is 4.79 Å². The van der Waals surface area contributed by atoms with Gasteiger partial charge in [-0.1, -0.05) is 0 Å². The van der Waals surface area contributed by atoms with Crippen molar-refractivity contribution in [3.8, 4) is 0 Å². The van der Waals surface area contributed by atoms with Gasteiger partial charge in [0, 0.05) is 14.2 Å². The molecule has 0 bridgehead atoms. The number of carboxylic acid groups (broad SMARTS) is 1. The second-order valence-corrected chi connectivity index (χ2v) is 3.87. The van der Waals surface area contributed by atoms with Crippen LogP contribution in [-0.2, 0) is 0 Å². The molecule has 0 aliphatic heterocycles. The molecule has 0 aromatic carbocycles. The van der Waals surface area contributed by atoms with Crippen LogP contribution in [0.25, 0.3) is 0 Å². The van der Waals surface area contributed by atoms with Crippen LogP contribution in [0.3, 0.4) is 0 Å². The van der Waals surface area contributed by atoms with Crippen molar-refractivity contribution >= 4 is 44.5 Å². The first-order valence-corrected chi connectivity index (χ1v) is 4.53. The van der Waals surface area contributed by atoms with Gasteiger partial charge in [-0.25, -0.2) is 9.78 Å². The third-order valence-electron chi connectivity index (χ3n) is 1.01. The summed E-state index contributed by atoms with van der Waals surface area (Å²) in [5.74, 6) is -0.998. The Morgan fingerprint density at radius 1 is 1.73 bits per heavy atom. The van der Waals surface area contributed by atoms with Crippen molar-refractivity contribution in [1.29, 1.82) is 0 Å². The average molecular weight is 328 g/mol. The van der Waals surface area contributed by atoms with Gasteiger partial charge in [0.15, 0.2) is 5.69 Å². The number of pyridine rings is 1. The minimum atomic E-state index is -0.998. The van der Waals surface area contributed by atoms with E-state index in [1.807, 2.05) is 22.6 Å². The lowest BCUT2D eigenvalue weighted by molar-refractivity contribution is 0.0689. The van der Waals surface area contributed by atoms with Crippen molar-refractivity contribution in [3.05, 3.63) is 26.0 Å². The predicted molar refractivity (Wildman–Crippen MR) is 51.6 cm³/mol. The molecular formula is C6H3BrINO2. The van der Waals surface area contributed by atoms with Gasteiger partial charge >= 0.3 is 5.97 Å². The van der Waals surface area contributed by atoms with Crippen LogP contribution < -0.4 is 0 Å². The fourth-order valence-corrected chi connectivity index (χ4v) is 2.04. The van der Waals surface area contributed by atoms with E-state index in [1.54, 1.807) is 6.07 Å². The Hall–Kier alpha value is -0.170. The highest BCUT2D eigenvalue weighted by Gasteiger charge is 2.08. The molecule has 0 radical (unpaired) electrons. The Bertz CT molecular complexity index is 303. The molecule has 0 unspecified atom stereocenters. The minimum absolute atomic E-state index is 0.0915. The second-order valence-electron chi connectivity index (χ2n) is 1.79. The molecule has 0 saturated carbocycles. The number of nitrogens with zero attached hydrogens (tertiary/aromatic N) is 1. The molecule has 5 heteroatoms. The van der Waals surface area contributed by atoms with Crippen LogP contribution in [0.4, 0.5) is 0 Å². The van der Waals surface area contributed by atoms with Crippen LogP contribution in [0.15, 0.2) is 16.7 Å². The number of rotatable bonds is 1. The molecule has 58 valence electrons. The molecule has 0 fully saturated rings. The molecule has 0 atom stereocenters. The van der Waals surface area contributed by atoms with Gasteiger partial charge in [0.25, 0.3) is 0 Å². The molecule has 11 heavy (non-hydrogen) atoms. The van der Waals surface area contributed by atoms with E-state index >= 15 is 0 Å². The monoisotopic (exact) mass is 327 g/mol. The second kappa shape index (κ2) is 3.48. The molecule has 0 amide bonds. The zero-order valence-corrected chi connectivity index (χ0v) is 8.96. The summed E-state index contributed by atoms with van der Waals surface area (Å²) in [6, 6.07) is 1.71. The van der Waals surface area contributed by atoms with Crippen LogP contribution in [0.5, 0.6) is 0 Å². The maximum Gasteiger partial charge on any atom is 0.355 e. The SMILES string of the molecule is O=C(O)c1ncc(Br)cc1I. The van der Waals surface area contributed by atoms with E-state index in [2.05, 4.69) is 20.9 Å².